The molecule has 1 aromatic rings. The summed E-state index contributed by atoms with van der Waals surface area (Å²) < 4.78 is 21.6. The zero-order valence-electron chi connectivity index (χ0n) is 12.4. The van der Waals surface area contributed by atoms with E-state index in [1.165, 1.54) is 10.8 Å². The zero-order valence-corrected chi connectivity index (χ0v) is 12.4. The van der Waals surface area contributed by atoms with Gasteiger partial charge in [-0.25, -0.2) is 4.79 Å². The molecule has 1 saturated heterocycles. The van der Waals surface area contributed by atoms with Crippen LogP contribution in [-0.4, -0.2) is 41.2 Å². The maximum Gasteiger partial charge on any atom is 0.353 e. The number of hydrogen-bond acceptors (Lipinski definition) is 5. The highest BCUT2D eigenvalue weighted by molar-refractivity contribution is 5.38. The minimum Gasteiger partial charge on any atom is -0.472 e. The summed E-state index contributed by atoms with van der Waals surface area (Å²) in [6.07, 6.45) is 9.05. The predicted molar refractivity (Wildman–Crippen MR) is 79.4 cm³/mol. The number of ether oxygens (including phenoxy) is 2. The fourth-order valence-electron chi connectivity index (χ4n) is 2.03. The van der Waals surface area contributed by atoms with Crippen LogP contribution in [0.4, 0.5) is 4.39 Å². The van der Waals surface area contributed by atoms with Crippen LogP contribution in [0, 0.1) is 12.3 Å². The molecule has 2 unspecified atom stereocenters. The van der Waals surface area contributed by atoms with Crippen molar-refractivity contribution >= 4 is 0 Å². The fourth-order valence-corrected chi connectivity index (χ4v) is 2.03. The SMILES string of the molecule is C#Cc1cn(C2CCC(CO)O2)c(=O)nc1OCC=C.CF. The molecule has 6 nitrogen and oxygen atoms in total. The Morgan fingerprint density at radius 3 is 2.95 bits per heavy atom. The van der Waals surface area contributed by atoms with Gasteiger partial charge in [-0.3, -0.25) is 8.96 Å². The van der Waals surface area contributed by atoms with Crippen molar-refractivity contribution in [2.75, 3.05) is 20.4 Å². The molecular formula is C15H19FN2O4. The second-order valence-corrected chi connectivity index (χ2v) is 4.37. The molecule has 0 amide bonds. The van der Waals surface area contributed by atoms with Gasteiger partial charge in [-0.1, -0.05) is 18.6 Å². The number of rotatable bonds is 5. The van der Waals surface area contributed by atoms with Crippen molar-refractivity contribution in [1.29, 1.82) is 0 Å². The van der Waals surface area contributed by atoms with Crippen LogP contribution in [0.25, 0.3) is 0 Å². The summed E-state index contributed by atoms with van der Waals surface area (Å²) in [6.45, 7) is 3.67. The molecule has 0 saturated carbocycles. The average Bonchev–Trinajstić information content (AvgIpc) is 3.03. The number of alkyl halides is 1. The summed E-state index contributed by atoms with van der Waals surface area (Å²) >= 11 is 0. The minimum absolute atomic E-state index is 0.0682. The zero-order chi connectivity index (χ0) is 16.5. The number of aromatic nitrogens is 2. The lowest BCUT2D eigenvalue weighted by Crippen LogP contribution is -2.28. The molecule has 2 atom stereocenters. The third-order valence-corrected chi connectivity index (χ3v) is 3.01. The van der Waals surface area contributed by atoms with Gasteiger partial charge in [-0.15, -0.1) is 6.42 Å². The molecule has 1 aliphatic heterocycles. The summed E-state index contributed by atoms with van der Waals surface area (Å²) in [6, 6.07) is 0. The van der Waals surface area contributed by atoms with Crippen molar-refractivity contribution < 1.29 is 19.0 Å². The van der Waals surface area contributed by atoms with Crippen molar-refractivity contribution in [1.82, 2.24) is 9.55 Å². The van der Waals surface area contributed by atoms with Crippen molar-refractivity contribution in [2.24, 2.45) is 0 Å². The van der Waals surface area contributed by atoms with Crippen molar-refractivity contribution in [3.8, 4) is 18.2 Å². The van der Waals surface area contributed by atoms with Gasteiger partial charge in [0.2, 0.25) is 5.88 Å². The van der Waals surface area contributed by atoms with E-state index in [1.54, 1.807) is 6.08 Å². The number of halogens is 1. The molecule has 7 heteroatoms. The number of nitrogens with zero attached hydrogens (tertiary/aromatic N) is 2. The number of terminal acetylenes is 1. The van der Waals surface area contributed by atoms with Gasteiger partial charge < -0.3 is 14.6 Å². The van der Waals surface area contributed by atoms with E-state index in [2.05, 4.69) is 17.5 Å². The molecule has 2 rings (SSSR count). The van der Waals surface area contributed by atoms with Gasteiger partial charge in [0.05, 0.1) is 19.9 Å². The Hall–Kier alpha value is -2.17. The first kappa shape index (κ1) is 17.9. The van der Waals surface area contributed by atoms with Crippen molar-refractivity contribution in [2.45, 2.75) is 25.2 Å². The van der Waals surface area contributed by atoms with E-state index in [0.29, 0.717) is 25.6 Å². The third kappa shape index (κ3) is 4.16. The second kappa shape index (κ2) is 8.97. The Morgan fingerprint density at radius 1 is 1.68 bits per heavy atom. The summed E-state index contributed by atoms with van der Waals surface area (Å²) in [4.78, 5) is 15.8. The molecule has 0 spiro atoms. The quantitative estimate of drug-likeness (QED) is 0.650. The summed E-state index contributed by atoms with van der Waals surface area (Å²) in [5, 5.41) is 9.05. The van der Waals surface area contributed by atoms with Crippen LogP contribution < -0.4 is 10.4 Å². The van der Waals surface area contributed by atoms with E-state index in [-0.39, 0.29) is 25.2 Å². The lowest BCUT2D eigenvalue weighted by molar-refractivity contribution is -0.0247. The fraction of sp³-hybridized carbons (Fsp3) is 0.467. The Bertz CT molecular complexity index is 594. The number of aliphatic hydroxyl groups is 1. The summed E-state index contributed by atoms with van der Waals surface area (Å²) in [5.74, 6) is 2.55. The van der Waals surface area contributed by atoms with Crippen molar-refractivity contribution in [3.05, 3.63) is 34.9 Å². The van der Waals surface area contributed by atoms with Gasteiger partial charge in [-0.05, 0) is 12.8 Å². The summed E-state index contributed by atoms with van der Waals surface area (Å²) in [7, 11) is 0.500. The van der Waals surface area contributed by atoms with Gasteiger partial charge in [0.1, 0.15) is 18.4 Å². The molecule has 1 aliphatic rings. The Balaban J connectivity index is 0.00000116. The van der Waals surface area contributed by atoms with Gasteiger partial charge in [0.15, 0.2) is 0 Å². The maximum absolute atomic E-state index is 12.0. The smallest absolute Gasteiger partial charge is 0.353 e. The second-order valence-electron chi connectivity index (χ2n) is 4.37. The highest BCUT2D eigenvalue weighted by Crippen LogP contribution is 2.27. The van der Waals surface area contributed by atoms with E-state index in [1.807, 2.05) is 0 Å². The number of aliphatic hydroxyl groups excluding tert-OH is 1. The van der Waals surface area contributed by atoms with Crippen LogP contribution in [0.3, 0.4) is 0 Å². The largest absolute Gasteiger partial charge is 0.472 e. The predicted octanol–water partition coefficient (Wildman–Crippen LogP) is 1.05. The molecule has 0 aliphatic carbocycles. The molecular weight excluding hydrogens is 291 g/mol. The van der Waals surface area contributed by atoms with E-state index in [9.17, 15) is 9.18 Å². The molecule has 1 aromatic heterocycles. The number of hydrogen-bond donors (Lipinski definition) is 1. The van der Waals surface area contributed by atoms with Gasteiger partial charge in [0.25, 0.3) is 0 Å². The Labute approximate surface area is 128 Å². The topological polar surface area (TPSA) is 73.6 Å². The highest BCUT2D eigenvalue weighted by Gasteiger charge is 2.27. The van der Waals surface area contributed by atoms with E-state index in [4.69, 9.17) is 21.0 Å². The average molecular weight is 310 g/mol. The van der Waals surface area contributed by atoms with Crippen LogP contribution in [-0.2, 0) is 4.74 Å². The van der Waals surface area contributed by atoms with E-state index >= 15 is 0 Å². The maximum atomic E-state index is 12.0. The van der Waals surface area contributed by atoms with Crippen LogP contribution in [0.1, 0.15) is 24.6 Å². The van der Waals surface area contributed by atoms with Crippen LogP contribution in [0.5, 0.6) is 5.88 Å². The first-order valence-corrected chi connectivity index (χ1v) is 6.67. The summed E-state index contributed by atoms with van der Waals surface area (Å²) in [5.41, 5.74) is -0.117. The molecule has 22 heavy (non-hydrogen) atoms. The van der Waals surface area contributed by atoms with Crippen LogP contribution in [0.15, 0.2) is 23.6 Å². The molecule has 120 valence electrons. The van der Waals surface area contributed by atoms with Gasteiger partial charge in [0, 0.05) is 6.20 Å². The minimum atomic E-state index is -0.494. The van der Waals surface area contributed by atoms with Crippen LogP contribution in [0.2, 0.25) is 0 Å². The first-order valence-electron chi connectivity index (χ1n) is 6.67. The molecule has 0 aromatic carbocycles. The third-order valence-electron chi connectivity index (χ3n) is 3.01. The Kier molecular flexibility index (Phi) is 7.29. The lowest BCUT2D eigenvalue weighted by Gasteiger charge is -2.16. The molecule has 2 heterocycles. The monoisotopic (exact) mass is 310 g/mol. The Morgan fingerprint density at radius 2 is 2.41 bits per heavy atom. The van der Waals surface area contributed by atoms with Crippen LogP contribution >= 0.6 is 0 Å². The highest BCUT2D eigenvalue weighted by atomic mass is 19.1. The van der Waals surface area contributed by atoms with Gasteiger partial charge >= 0.3 is 5.69 Å². The lowest BCUT2D eigenvalue weighted by atomic mass is 10.2. The molecule has 1 fully saturated rings. The normalized spacial score (nSPS) is 19.7. The van der Waals surface area contributed by atoms with E-state index < -0.39 is 11.9 Å². The van der Waals surface area contributed by atoms with E-state index in [0.717, 1.165) is 0 Å². The standard InChI is InChI=1S/C14H16N2O4.CH3F/c1-3-7-19-13-10(4-2)8-16(14(18)15-13)12-6-5-11(9-17)20-12;1-2/h2-3,8,11-12,17H,1,5-7,9H2;1H3. The van der Waals surface area contributed by atoms with Crippen molar-refractivity contribution in [3.63, 3.8) is 0 Å². The molecule has 0 bridgehead atoms. The van der Waals surface area contributed by atoms with Gasteiger partial charge in [-0.2, -0.15) is 4.98 Å². The first-order chi connectivity index (χ1) is 10.7. The molecule has 1 N–H and O–H groups in total. The molecule has 0 radical (unpaired) electrons.